The summed E-state index contributed by atoms with van der Waals surface area (Å²) in [6, 6.07) is 17.0. The zero-order chi connectivity index (χ0) is 21.2. The molecule has 0 bridgehead atoms. The van der Waals surface area contributed by atoms with Gasteiger partial charge in [0.2, 0.25) is 15.9 Å². The van der Waals surface area contributed by atoms with E-state index in [1.165, 1.54) is 4.31 Å². The fraction of sp³-hybridized carbons (Fsp3) is 0.435. The normalized spacial score (nSPS) is 22.2. The number of nitrogens with zero attached hydrogens (tertiary/aromatic N) is 1. The van der Waals surface area contributed by atoms with E-state index in [-0.39, 0.29) is 16.2 Å². The Hall–Kier alpha value is -2.22. The summed E-state index contributed by atoms with van der Waals surface area (Å²) in [7, 11) is -3.73. The van der Waals surface area contributed by atoms with Crippen molar-refractivity contribution < 1.29 is 18.3 Å². The summed E-state index contributed by atoms with van der Waals surface area (Å²) in [5.41, 5.74) is 0.477. The van der Waals surface area contributed by atoms with E-state index in [1.807, 2.05) is 30.3 Å². The lowest BCUT2D eigenvalue weighted by Crippen LogP contribution is -2.52. The Labute approximate surface area is 178 Å². The predicted octanol–water partition coefficient (Wildman–Crippen LogP) is 2.86. The monoisotopic (exact) mass is 428 g/mol. The number of carbonyl (C=O) groups is 1. The van der Waals surface area contributed by atoms with Crippen molar-refractivity contribution in [2.75, 3.05) is 13.1 Å². The van der Waals surface area contributed by atoms with Crippen LogP contribution in [0, 0.1) is 5.41 Å². The van der Waals surface area contributed by atoms with Gasteiger partial charge in [0.05, 0.1) is 11.0 Å². The molecule has 1 saturated carbocycles. The Balaban J connectivity index is 1.46. The van der Waals surface area contributed by atoms with Gasteiger partial charge < -0.3 is 10.4 Å². The number of amides is 1. The van der Waals surface area contributed by atoms with E-state index in [2.05, 4.69) is 5.32 Å². The number of hydrogen-bond acceptors (Lipinski definition) is 4. The second-order valence-electron chi connectivity index (χ2n) is 8.33. The molecule has 4 rings (SSSR count). The lowest BCUT2D eigenvalue weighted by Gasteiger charge is -2.34. The lowest BCUT2D eigenvalue weighted by molar-refractivity contribution is -0.126. The van der Waals surface area contributed by atoms with E-state index in [4.69, 9.17) is 0 Å². The number of nitrogens with one attached hydrogen (secondary N) is 1. The van der Waals surface area contributed by atoms with Crippen molar-refractivity contribution in [1.82, 2.24) is 9.62 Å². The largest absolute Gasteiger partial charge is 0.388 e. The first-order valence-electron chi connectivity index (χ1n) is 10.5. The molecule has 30 heavy (non-hydrogen) atoms. The lowest BCUT2D eigenvalue weighted by atomic mass is 9.92. The Kier molecular flexibility index (Phi) is 5.95. The van der Waals surface area contributed by atoms with E-state index in [9.17, 15) is 18.3 Å². The highest BCUT2D eigenvalue weighted by Gasteiger charge is 2.50. The summed E-state index contributed by atoms with van der Waals surface area (Å²) in [4.78, 5) is 13.2. The zero-order valence-corrected chi connectivity index (χ0v) is 17.7. The molecule has 0 radical (unpaired) electrons. The molecule has 160 valence electrons. The van der Waals surface area contributed by atoms with E-state index in [1.54, 1.807) is 30.3 Å². The number of sulfonamides is 1. The first-order valence-corrected chi connectivity index (χ1v) is 12.0. The molecule has 0 aromatic heterocycles. The number of aliphatic hydroxyl groups excluding tert-OH is 1. The molecule has 2 N–H and O–H groups in total. The summed E-state index contributed by atoms with van der Waals surface area (Å²) >= 11 is 0. The molecule has 1 saturated heterocycles. The molecule has 1 aliphatic heterocycles. The Bertz CT molecular complexity index is 975. The highest BCUT2D eigenvalue weighted by molar-refractivity contribution is 7.89. The number of aliphatic hydroxyl groups is 1. The molecule has 2 aromatic carbocycles. The molecule has 1 heterocycles. The SMILES string of the molecule is O=C(NCC1([C@H](O)c2ccccc2)CC1)[C@@H]1CCCCN1S(=O)(=O)c1ccccc1. The minimum atomic E-state index is -3.73. The highest BCUT2D eigenvalue weighted by Crippen LogP contribution is 2.54. The molecule has 6 nitrogen and oxygen atoms in total. The van der Waals surface area contributed by atoms with Gasteiger partial charge in [0.1, 0.15) is 6.04 Å². The number of rotatable bonds is 7. The summed E-state index contributed by atoms with van der Waals surface area (Å²) < 4.78 is 27.6. The van der Waals surface area contributed by atoms with Crippen molar-refractivity contribution in [3.8, 4) is 0 Å². The maximum absolute atomic E-state index is 13.1. The first kappa shape index (κ1) is 21.0. The van der Waals surface area contributed by atoms with Crippen LogP contribution in [-0.4, -0.2) is 42.9 Å². The van der Waals surface area contributed by atoms with Crippen molar-refractivity contribution in [1.29, 1.82) is 0 Å². The fourth-order valence-electron chi connectivity index (χ4n) is 4.26. The van der Waals surface area contributed by atoms with Gasteiger partial charge in [-0.15, -0.1) is 0 Å². The third kappa shape index (κ3) is 4.15. The predicted molar refractivity (Wildman–Crippen MR) is 114 cm³/mol. The van der Waals surface area contributed by atoms with Crippen molar-refractivity contribution in [2.24, 2.45) is 5.41 Å². The number of hydrogen-bond donors (Lipinski definition) is 2. The Morgan fingerprint density at radius 1 is 1.07 bits per heavy atom. The van der Waals surface area contributed by atoms with Crippen LogP contribution in [0.25, 0.3) is 0 Å². The van der Waals surface area contributed by atoms with Gasteiger partial charge in [-0.05, 0) is 43.4 Å². The smallest absolute Gasteiger partial charge is 0.243 e. The van der Waals surface area contributed by atoms with E-state index < -0.39 is 22.2 Å². The van der Waals surface area contributed by atoms with Crippen LogP contribution in [0.2, 0.25) is 0 Å². The van der Waals surface area contributed by atoms with Gasteiger partial charge >= 0.3 is 0 Å². The Morgan fingerprint density at radius 3 is 2.33 bits per heavy atom. The maximum atomic E-state index is 13.1. The summed E-state index contributed by atoms with van der Waals surface area (Å²) in [5, 5.41) is 13.8. The average molecular weight is 429 g/mol. The molecule has 0 unspecified atom stereocenters. The molecule has 2 aromatic rings. The van der Waals surface area contributed by atoms with Crippen LogP contribution in [0.15, 0.2) is 65.6 Å². The number of benzene rings is 2. The van der Waals surface area contributed by atoms with Gasteiger partial charge in [-0.3, -0.25) is 4.79 Å². The van der Waals surface area contributed by atoms with E-state index >= 15 is 0 Å². The van der Waals surface area contributed by atoms with Gasteiger partial charge in [0.15, 0.2) is 0 Å². The van der Waals surface area contributed by atoms with Crippen molar-refractivity contribution >= 4 is 15.9 Å². The van der Waals surface area contributed by atoms with Crippen LogP contribution in [0.1, 0.15) is 43.8 Å². The second-order valence-corrected chi connectivity index (χ2v) is 10.2. The number of carbonyl (C=O) groups excluding carboxylic acids is 1. The molecule has 2 fully saturated rings. The molecule has 7 heteroatoms. The third-order valence-electron chi connectivity index (χ3n) is 6.31. The quantitative estimate of drug-likeness (QED) is 0.710. The van der Waals surface area contributed by atoms with Crippen LogP contribution < -0.4 is 5.32 Å². The average Bonchev–Trinajstić information content (AvgIpc) is 3.59. The minimum absolute atomic E-state index is 0.211. The maximum Gasteiger partial charge on any atom is 0.243 e. The topological polar surface area (TPSA) is 86.7 Å². The second kappa shape index (κ2) is 8.49. The van der Waals surface area contributed by atoms with Gasteiger partial charge in [-0.2, -0.15) is 4.31 Å². The third-order valence-corrected chi connectivity index (χ3v) is 8.23. The number of piperidine rings is 1. The molecule has 1 amide bonds. The first-order chi connectivity index (χ1) is 14.4. The fourth-order valence-corrected chi connectivity index (χ4v) is 5.94. The summed E-state index contributed by atoms with van der Waals surface area (Å²) in [5.74, 6) is -0.277. The standard InChI is InChI=1S/C23H28N2O4S/c26-21(18-9-3-1-4-10-18)23(14-15-23)17-24-22(27)20-13-7-8-16-25(20)30(28,29)19-11-5-2-6-12-19/h1-6,9-12,20-21,26H,7-8,13-17H2,(H,24,27)/t20-,21+/m0/s1. The van der Waals surface area contributed by atoms with Crippen molar-refractivity contribution in [2.45, 2.75) is 49.1 Å². The Morgan fingerprint density at radius 2 is 1.70 bits per heavy atom. The van der Waals surface area contributed by atoms with Gasteiger partial charge in [-0.25, -0.2) is 8.42 Å². The van der Waals surface area contributed by atoms with Crippen LogP contribution in [0.3, 0.4) is 0 Å². The van der Waals surface area contributed by atoms with E-state index in [0.29, 0.717) is 19.5 Å². The van der Waals surface area contributed by atoms with Crippen LogP contribution in [0.4, 0.5) is 0 Å². The van der Waals surface area contributed by atoms with Crippen LogP contribution in [-0.2, 0) is 14.8 Å². The van der Waals surface area contributed by atoms with Crippen LogP contribution in [0.5, 0.6) is 0 Å². The summed E-state index contributed by atoms with van der Waals surface area (Å²) in [6.45, 7) is 0.685. The molecular formula is C23H28N2O4S. The minimum Gasteiger partial charge on any atom is -0.388 e. The van der Waals surface area contributed by atoms with Gasteiger partial charge in [0.25, 0.3) is 0 Å². The van der Waals surface area contributed by atoms with Gasteiger partial charge in [-0.1, -0.05) is 55.0 Å². The molecule has 1 aliphatic carbocycles. The highest BCUT2D eigenvalue weighted by atomic mass is 32.2. The van der Waals surface area contributed by atoms with Crippen LogP contribution >= 0.6 is 0 Å². The van der Waals surface area contributed by atoms with Crippen molar-refractivity contribution in [3.63, 3.8) is 0 Å². The van der Waals surface area contributed by atoms with Gasteiger partial charge in [0, 0.05) is 18.5 Å². The summed E-state index contributed by atoms with van der Waals surface area (Å²) in [6.07, 6.45) is 3.09. The molecule has 2 aliphatic rings. The molecule has 0 spiro atoms. The zero-order valence-electron chi connectivity index (χ0n) is 16.9. The molecular weight excluding hydrogens is 400 g/mol. The molecule has 2 atom stereocenters. The van der Waals surface area contributed by atoms with Crippen molar-refractivity contribution in [3.05, 3.63) is 66.2 Å². The van der Waals surface area contributed by atoms with E-state index in [0.717, 1.165) is 31.2 Å².